The molecule has 4 bridgehead atoms. The first-order valence-corrected chi connectivity index (χ1v) is 40.8. The van der Waals surface area contributed by atoms with Gasteiger partial charge in [0.1, 0.15) is 35.3 Å². The van der Waals surface area contributed by atoms with Crippen LogP contribution < -0.4 is 47.3 Å². The van der Waals surface area contributed by atoms with Crippen LogP contribution in [0.2, 0.25) is 10.1 Å². The Labute approximate surface area is 593 Å². The number of hydroxylamine groups is 4. The van der Waals surface area contributed by atoms with Gasteiger partial charge in [-0.3, -0.25) is 9.59 Å². The third kappa shape index (κ3) is 15.1. The van der Waals surface area contributed by atoms with Crippen LogP contribution in [0.25, 0.3) is 11.4 Å². The molecule has 2 fully saturated rings. The topological polar surface area (TPSA) is 212 Å². The van der Waals surface area contributed by atoms with Gasteiger partial charge in [-0.1, -0.05) is 224 Å². The second-order valence-electron chi connectivity index (χ2n) is 27.1. The van der Waals surface area contributed by atoms with Crippen molar-refractivity contribution < 1.29 is 45.0 Å². The van der Waals surface area contributed by atoms with E-state index in [1.54, 1.807) is 36.7 Å². The SMILES string of the molecule is C/C=C/[P+](c1ccccc1)(c1ccccc1)c1ccccc1.CC(C)(C)[Si](OCCC(=O)Nc1ccn(C2=CC3CN(C2)C(=O)N3OS(=O)(=O)ON2C(=O)N3CC(n4ccc(NC(=O)CCO[Si](c5ccccc5)(c5ccccc5)C(C)(C)C)n4)=CC2C3)n1)(c1ccccc1)c1ccccc1. The summed E-state index contributed by atoms with van der Waals surface area (Å²) in [7, 11) is -12.5. The van der Waals surface area contributed by atoms with Crippen molar-refractivity contribution in [2.45, 2.75) is 83.5 Å². The van der Waals surface area contributed by atoms with E-state index in [-0.39, 0.29) is 85.8 Å². The second kappa shape index (κ2) is 30.3. The lowest BCUT2D eigenvalue weighted by Gasteiger charge is -2.43. The average Bonchev–Trinajstić information content (AvgIpc) is 1.76. The van der Waals surface area contributed by atoms with Gasteiger partial charge in [-0.15, -0.1) is 8.57 Å². The van der Waals surface area contributed by atoms with E-state index in [4.69, 9.17) is 17.4 Å². The molecule has 2 unspecified atom stereocenters. The standard InChI is InChI=1S/C56H64N10O10SSi2.C21H20P/c1-55(2,3)78(45-19-11-7-12-20-45,46-21-13-8-14-22-46)73-33-29-51(67)57-49-27-31-63(59-49)41-35-43-39-61(37-41)53(69)65(43)75-77(71,72)76-66-44-36-42(38-62(40-44)54(66)70)64-32-28-50(60-64)58-52(68)30-34-74-79(56(4,5)6,47-23-15-9-16-24-47)48-25-17-10-18-26-48;1-2-18-22(19-12-6-3-7-13-19,20-14-8-4-9-15-20)21-16-10-5-11-17-21/h7-28,31-32,35-36,43-44H,29-30,33-34,37-40H2,1-6H3,(H,57,59,67)(H,58,60,68);2-18H,1H3/q;+1/b;18-2+. The van der Waals surface area contributed by atoms with E-state index in [1.165, 1.54) is 35.1 Å². The van der Waals surface area contributed by atoms with E-state index in [2.05, 4.69) is 221 Å². The highest BCUT2D eigenvalue weighted by atomic mass is 32.3. The molecule has 6 amide bonds. The number of hydrogen-bond acceptors (Lipinski definition) is 12. The highest BCUT2D eigenvalue weighted by Gasteiger charge is 2.53. The van der Waals surface area contributed by atoms with Crippen molar-refractivity contribution >= 4 is 118 Å². The number of nitrogens with zero attached hydrogens (tertiary/aromatic N) is 8. The second-order valence-corrected chi connectivity index (χ2v) is 40.1. The van der Waals surface area contributed by atoms with Crippen molar-refractivity contribution in [1.82, 2.24) is 39.5 Å². The molecule has 6 heterocycles. The number of rotatable bonds is 24. The van der Waals surface area contributed by atoms with Crippen LogP contribution in [0.15, 0.2) is 261 Å². The fourth-order valence-electron chi connectivity index (χ4n) is 14.0. The van der Waals surface area contributed by atoms with Crippen LogP contribution in [0.3, 0.4) is 0 Å². The Morgan fingerprint density at radius 2 is 0.802 bits per heavy atom. The van der Waals surface area contributed by atoms with Gasteiger partial charge in [0, 0.05) is 63.7 Å². The molecule has 101 heavy (non-hydrogen) atoms. The smallest absolute Gasteiger partial charge is 0.407 e. The highest BCUT2D eigenvalue weighted by Crippen LogP contribution is 2.57. The summed E-state index contributed by atoms with van der Waals surface area (Å²) in [6, 6.07) is 73.4. The minimum Gasteiger partial charge on any atom is -0.407 e. The van der Waals surface area contributed by atoms with Crippen molar-refractivity contribution in [2.24, 2.45) is 0 Å². The molecule has 0 saturated carbocycles. The fourth-order valence-corrected chi connectivity index (χ4v) is 27.7. The molecule has 520 valence electrons. The predicted octanol–water partition coefficient (Wildman–Crippen LogP) is 10.1. The Hall–Kier alpha value is -9.69. The van der Waals surface area contributed by atoms with Crippen LogP contribution >= 0.6 is 7.26 Å². The van der Waals surface area contributed by atoms with Crippen molar-refractivity contribution in [3.8, 4) is 0 Å². The van der Waals surface area contributed by atoms with E-state index in [1.807, 2.05) is 72.8 Å². The van der Waals surface area contributed by atoms with Crippen molar-refractivity contribution in [3.63, 3.8) is 0 Å². The summed E-state index contributed by atoms with van der Waals surface area (Å²) >= 11 is 0. The molecule has 2 saturated heterocycles. The molecule has 2 aromatic heterocycles. The van der Waals surface area contributed by atoms with Gasteiger partial charge in [0.05, 0.1) is 30.3 Å². The highest BCUT2D eigenvalue weighted by molar-refractivity contribution is 7.98. The maximum absolute atomic E-state index is 13.5. The first kappa shape index (κ1) is 71.2. The van der Waals surface area contributed by atoms with E-state index >= 15 is 0 Å². The summed E-state index contributed by atoms with van der Waals surface area (Å²) in [5.41, 5.74) is 1.06. The van der Waals surface area contributed by atoms with Gasteiger partial charge in [0.15, 0.2) is 11.6 Å². The monoisotopic (exact) mass is 1430 g/mol. The summed E-state index contributed by atoms with van der Waals surface area (Å²) in [5, 5.41) is 24.3. The van der Waals surface area contributed by atoms with Crippen LogP contribution in [0, 0.1) is 0 Å². The quantitative estimate of drug-likeness (QED) is 0.0427. The van der Waals surface area contributed by atoms with Crippen LogP contribution in [0.4, 0.5) is 21.2 Å². The molecule has 24 heteroatoms. The Kier molecular flexibility index (Phi) is 21.3. The lowest BCUT2D eigenvalue weighted by Crippen LogP contribution is -2.66. The van der Waals surface area contributed by atoms with E-state index < -0.39 is 58.4 Å². The number of amides is 6. The van der Waals surface area contributed by atoms with Gasteiger partial charge < -0.3 is 29.3 Å². The summed E-state index contributed by atoms with van der Waals surface area (Å²) in [6.45, 7) is 15.8. The zero-order chi connectivity index (χ0) is 71.0. The van der Waals surface area contributed by atoms with Crippen LogP contribution in [0.1, 0.15) is 61.3 Å². The average molecular weight is 1430 g/mol. The third-order valence-electron chi connectivity index (χ3n) is 18.4. The zero-order valence-corrected chi connectivity index (χ0v) is 61.4. The minimum atomic E-state index is -5.05. The van der Waals surface area contributed by atoms with Crippen molar-refractivity contribution in [2.75, 3.05) is 50.0 Å². The molecule has 9 aromatic rings. The largest absolute Gasteiger partial charge is 0.442 e. The van der Waals surface area contributed by atoms with Gasteiger partial charge in [-0.2, -0.15) is 28.7 Å². The molecular weight excluding hydrogens is 1340 g/mol. The molecule has 2 atom stereocenters. The number of carbonyl (C=O) groups excluding carboxylic acids is 4. The normalized spacial score (nSPS) is 16.4. The van der Waals surface area contributed by atoms with Crippen LogP contribution in [0.5, 0.6) is 0 Å². The Morgan fingerprint density at radius 1 is 0.495 bits per heavy atom. The van der Waals surface area contributed by atoms with E-state index in [0.717, 1.165) is 20.7 Å². The molecule has 4 aliphatic heterocycles. The number of urea groups is 2. The minimum absolute atomic E-state index is 0.0585. The van der Waals surface area contributed by atoms with Gasteiger partial charge in [0.25, 0.3) is 16.6 Å². The molecule has 7 aromatic carbocycles. The van der Waals surface area contributed by atoms with Gasteiger partial charge in [0.2, 0.25) is 11.8 Å². The Balaban J connectivity index is 0.000000371. The number of carbonyl (C=O) groups is 4. The third-order valence-corrected chi connectivity index (χ3v) is 33.3. The maximum atomic E-state index is 13.5. The molecule has 2 N–H and O–H groups in total. The lowest BCUT2D eigenvalue weighted by atomic mass is 10.2. The fraction of sp³-hybridized carbons (Fsp3) is 0.247. The number of anilines is 2. The molecule has 0 spiro atoms. The molecule has 13 rings (SSSR count). The van der Waals surface area contributed by atoms with Gasteiger partial charge in [-0.05, 0) is 86.3 Å². The molecule has 0 aliphatic carbocycles. The predicted molar refractivity (Wildman–Crippen MR) is 403 cm³/mol. The maximum Gasteiger partial charge on any atom is 0.442 e. The van der Waals surface area contributed by atoms with E-state index in [0.29, 0.717) is 21.5 Å². The first-order valence-electron chi connectivity index (χ1n) is 33.8. The summed E-state index contributed by atoms with van der Waals surface area (Å²) in [5.74, 6) is 2.37. The number of aromatic nitrogens is 4. The molecule has 0 radical (unpaired) electrons. The number of hydrogen-bond donors (Lipinski definition) is 2. The molecule has 20 nitrogen and oxygen atoms in total. The Bertz CT molecular complexity index is 4190. The Morgan fingerprint density at radius 3 is 1.10 bits per heavy atom. The number of allylic oxidation sites excluding steroid dienone is 1. The number of nitrogens with one attached hydrogen (secondary N) is 2. The summed E-state index contributed by atoms with van der Waals surface area (Å²) in [4.78, 5) is 56.5. The lowest BCUT2D eigenvalue weighted by molar-refractivity contribution is -0.117. The van der Waals surface area contributed by atoms with Gasteiger partial charge in [-0.25, -0.2) is 19.0 Å². The summed E-state index contributed by atoms with van der Waals surface area (Å²) in [6.07, 6.45) is 8.89. The van der Waals surface area contributed by atoms with Crippen LogP contribution in [-0.2, 0) is 37.4 Å². The number of fused-ring (bicyclic) bond motifs is 4. The first-order chi connectivity index (χ1) is 48.6. The zero-order valence-electron chi connectivity index (χ0n) is 57.7. The molecular formula is C77H84N10O10PSSi2+. The number of benzene rings is 7. The molecule has 4 aliphatic rings. The van der Waals surface area contributed by atoms with Crippen molar-refractivity contribution in [1.29, 1.82) is 0 Å². The van der Waals surface area contributed by atoms with Gasteiger partial charge >= 0.3 is 22.5 Å². The summed E-state index contributed by atoms with van der Waals surface area (Å²) < 4.78 is 54.4. The van der Waals surface area contributed by atoms with Crippen LogP contribution in [-0.4, -0.2) is 140 Å². The van der Waals surface area contributed by atoms with E-state index in [9.17, 15) is 27.6 Å². The van der Waals surface area contributed by atoms with Crippen molar-refractivity contribution in [3.05, 3.63) is 261 Å².